The molecule has 6 nitrogen and oxygen atoms in total. The van der Waals surface area contributed by atoms with E-state index in [0.717, 1.165) is 12.7 Å². The summed E-state index contributed by atoms with van der Waals surface area (Å²) in [6, 6.07) is 0.636. The second kappa shape index (κ2) is 8.46. The van der Waals surface area contributed by atoms with Crippen molar-refractivity contribution in [2.45, 2.75) is 6.92 Å². The summed E-state index contributed by atoms with van der Waals surface area (Å²) in [6.07, 6.45) is 0.813. The van der Waals surface area contributed by atoms with Gasteiger partial charge in [-0.2, -0.15) is 0 Å². The normalized spacial score (nSPS) is 20.8. The Morgan fingerprint density at radius 2 is 2.08 bits per heavy atom. The summed E-state index contributed by atoms with van der Waals surface area (Å²) < 4.78 is 26.7. The quantitative estimate of drug-likeness (QED) is 0.747. The molecule has 0 aliphatic carbocycles. The Labute approximate surface area is 139 Å². The highest BCUT2D eigenvalue weighted by molar-refractivity contribution is 5.92. The lowest BCUT2D eigenvalue weighted by Gasteiger charge is -2.25. The van der Waals surface area contributed by atoms with E-state index in [4.69, 9.17) is 5.11 Å². The molecule has 0 unspecified atom stereocenters. The number of pyridine rings is 1. The van der Waals surface area contributed by atoms with Crippen LogP contribution >= 0.6 is 0 Å². The molecule has 0 saturated carbocycles. The maximum atomic E-state index is 13.8. The summed E-state index contributed by atoms with van der Waals surface area (Å²) in [5, 5.41) is 18.6. The van der Waals surface area contributed by atoms with Crippen LogP contribution in [0.5, 0.6) is 0 Å². The molecule has 134 valence electrons. The molecule has 0 spiro atoms. The fourth-order valence-electron chi connectivity index (χ4n) is 3.09. The van der Waals surface area contributed by atoms with E-state index < -0.39 is 23.2 Å². The molecule has 24 heavy (non-hydrogen) atoms. The number of nitrogens with zero attached hydrogens (tertiary/aromatic N) is 3. The molecule has 2 rings (SSSR count). The van der Waals surface area contributed by atoms with Crippen molar-refractivity contribution in [2.75, 3.05) is 45.9 Å². The van der Waals surface area contributed by atoms with Gasteiger partial charge in [-0.05, 0) is 12.5 Å². The number of carbonyl (C=O) groups is 1. The molecule has 1 aliphatic heterocycles. The SMILES string of the molecule is CCN(CCO)C[C@@H]1CN(C(=O)c2ncc(F)cc2F)C[C@@H]1CO. The fourth-order valence-corrected chi connectivity index (χ4v) is 3.09. The third-order valence-corrected chi connectivity index (χ3v) is 4.46. The number of halogens is 2. The molecule has 1 saturated heterocycles. The van der Waals surface area contributed by atoms with Crippen LogP contribution in [-0.4, -0.2) is 76.8 Å². The lowest BCUT2D eigenvalue weighted by molar-refractivity contribution is 0.0767. The molecular weight excluding hydrogens is 320 g/mol. The van der Waals surface area contributed by atoms with Crippen molar-refractivity contribution < 1.29 is 23.8 Å². The number of aliphatic hydroxyl groups is 2. The van der Waals surface area contributed by atoms with Gasteiger partial charge in [0.1, 0.15) is 5.82 Å². The first-order valence-electron chi connectivity index (χ1n) is 8.04. The zero-order valence-corrected chi connectivity index (χ0v) is 13.7. The van der Waals surface area contributed by atoms with Crippen LogP contribution in [0.25, 0.3) is 0 Å². The lowest BCUT2D eigenvalue weighted by Crippen LogP contribution is -2.36. The van der Waals surface area contributed by atoms with E-state index >= 15 is 0 Å². The molecule has 0 aromatic carbocycles. The van der Waals surface area contributed by atoms with Crippen molar-refractivity contribution in [1.29, 1.82) is 0 Å². The van der Waals surface area contributed by atoms with Gasteiger partial charge in [0.15, 0.2) is 11.5 Å². The molecule has 1 fully saturated rings. The maximum absolute atomic E-state index is 13.8. The van der Waals surface area contributed by atoms with Crippen LogP contribution < -0.4 is 0 Å². The molecule has 0 bridgehead atoms. The van der Waals surface area contributed by atoms with Gasteiger partial charge in [0.2, 0.25) is 0 Å². The van der Waals surface area contributed by atoms with Crippen molar-refractivity contribution >= 4 is 5.91 Å². The molecule has 2 heterocycles. The number of likely N-dealkylation sites (tertiary alicyclic amines) is 1. The van der Waals surface area contributed by atoms with Crippen LogP contribution in [-0.2, 0) is 0 Å². The number of rotatable bonds is 7. The van der Waals surface area contributed by atoms with Gasteiger partial charge in [0, 0.05) is 44.8 Å². The van der Waals surface area contributed by atoms with Crippen molar-refractivity contribution in [1.82, 2.24) is 14.8 Å². The number of amides is 1. The topological polar surface area (TPSA) is 76.9 Å². The minimum atomic E-state index is -0.987. The molecule has 1 aromatic rings. The first-order chi connectivity index (χ1) is 11.5. The van der Waals surface area contributed by atoms with Crippen LogP contribution in [0.1, 0.15) is 17.4 Å². The third kappa shape index (κ3) is 4.25. The van der Waals surface area contributed by atoms with Gasteiger partial charge in [0.05, 0.1) is 12.8 Å². The van der Waals surface area contributed by atoms with Crippen molar-refractivity contribution in [3.63, 3.8) is 0 Å². The molecule has 2 atom stereocenters. The lowest BCUT2D eigenvalue weighted by atomic mass is 9.96. The number of aromatic nitrogens is 1. The molecule has 8 heteroatoms. The number of carbonyl (C=O) groups excluding carboxylic acids is 1. The van der Waals surface area contributed by atoms with E-state index in [0.29, 0.717) is 32.2 Å². The summed E-state index contributed by atoms with van der Waals surface area (Å²) >= 11 is 0. The smallest absolute Gasteiger partial charge is 0.275 e. The Hall–Kier alpha value is -1.64. The van der Waals surface area contributed by atoms with Gasteiger partial charge in [-0.25, -0.2) is 13.8 Å². The third-order valence-electron chi connectivity index (χ3n) is 4.46. The van der Waals surface area contributed by atoms with E-state index in [1.54, 1.807) is 0 Å². The van der Waals surface area contributed by atoms with Crippen molar-refractivity contribution in [3.05, 3.63) is 29.6 Å². The second-order valence-corrected chi connectivity index (χ2v) is 6.01. The van der Waals surface area contributed by atoms with Gasteiger partial charge in [0.25, 0.3) is 5.91 Å². The predicted octanol–water partition coefficient (Wildman–Crippen LogP) is 0.354. The molecule has 2 N–H and O–H groups in total. The van der Waals surface area contributed by atoms with Crippen LogP contribution in [0.2, 0.25) is 0 Å². The first-order valence-corrected chi connectivity index (χ1v) is 8.04. The van der Waals surface area contributed by atoms with Crippen molar-refractivity contribution in [3.8, 4) is 0 Å². The first kappa shape index (κ1) is 18.7. The molecular formula is C16H23F2N3O3. The second-order valence-electron chi connectivity index (χ2n) is 6.01. The summed E-state index contributed by atoms with van der Waals surface area (Å²) in [4.78, 5) is 19.5. The molecule has 0 radical (unpaired) electrons. The average molecular weight is 343 g/mol. The Morgan fingerprint density at radius 3 is 2.67 bits per heavy atom. The van der Waals surface area contributed by atoms with E-state index in [2.05, 4.69) is 4.98 Å². The van der Waals surface area contributed by atoms with Crippen LogP contribution in [0, 0.1) is 23.5 Å². The van der Waals surface area contributed by atoms with E-state index in [1.165, 1.54) is 4.90 Å². The summed E-state index contributed by atoms with van der Waals surface area (Å²) in [5.74, 6) is -2.52. The Kier molecular flexibility index (Phi) is 6.59. The van der Waals surface area contributed by atoms with E-state index in [-0.39, 0.29) is 25.0 Å². The average Bonchev–Trinajstić information content (AvgIpc) is 2.96. The summed E-state index contributed by atoms with van der Waals surface area (Å²) in [6.45, 7) is 4.50. The Bertz CT molecular complexity index is 573. The Morgan fingerprint density at radius 1 is 1.38 bits per heavy atom. The minimum Gasteiger partial charge on any atom is -0.396 e. The van der Waals surface area contributed by atoms with Gasteiger partial charge >= 0.3 is 0 Å². The largest absolute Gasteiger partial charge is 0.396 e. The van der Waals surface area contributed by atoms with Gasteiger partial charge < -0.3 is 20.0 Å². The standard InChI is InChI=1S/C16H23F2N3O3/c1-2-20(3-4-22)7-11-8-21(9-12(11)10-23)16(24)15-14(18)5-13(17)6-19-15/h5-6,11-12,22-23H,2-4,7-10H2,1H3/t11-,12-/m1/s1. The highest BCUT2D eigenvalue weighted by Gasteiger charge is 2.37. The number of hydrogen-bond acceptors (Lipinski definition) is 5. The van der Waals surface area contributed by atoms with E-state index in [1.807, 2.05) is 11.8 Å². The zero-order chi connectivity index (χ0) is 17.7. The maximum Gasteiger partial charge on any atom is 0.275 e. The highest BCUT2D eigenvalue weighted by atomic mass is 19.1. The molecule has 1 amide bonds. The fraction of sp³-hybridized carbons (Fsp3) is 0.625. The summed E-state index contributed by atoms with van der Waals surface area (Å²) in [5.41, 5.74) is -0.406. The minimum absolute atomic E-state index is 0.0222. The molecule has 1 aromatic heterocycles. The number of hydrogen-bond donors (Lipinski definition) is 2. The zero-order valence-electron chi connectivity index (χ0n) is 13.7. The monoisotopic (exact) mass is 343 g/mol. The van der Waals surface area contributed by atoms with E-state index in [9.17, 15) is 18.7 Å². The van der Waals surface area contributed by atoms with Gasteiger partial charge in [-0.1, -0.05) is 6.92 Å². The van der Waals surface area contributed by atoms with Gasteiger partial charge in [-0.15, -0.1) is 0 Å². The highest BCUT2D eigenvalue weighted by Crippen LogP contribution is 2.26. The number of likely N-dealkylation sites (N-methyl/N-ethyl adjacent to an activating group) is 1. The van der Waals surface area contributed by atoms with Crippen LogP contribution in [0.4, 0.5) is 8.78 Å². The van der Waals surface area contributed by atoms with Crippen molar-refractivity contribution in [2.24, 2.45) is 11.8 Å². The van der Waals surface area contributed by atoms with Crippen LogP contribution in [0.3, 0.4) is 0 Å². The summed E-state index contributed by atoms with van der Waals surface area (Å²) in [7, 11) is 0. The Balaban J connectivity index is 2.08. The van der Waals surface area contributed by atoms with Crippen LogP contribution in [0.15, 0.2) is 12.3 Å². The number of aliphatic hydroxyl groups excluding tert-OH is 2. The predicted molar refractivity (Wildman–Crippen MR) is 83.3 cm³/mol. The van der Waals surface area contributed by atoms with Gasteiger partial charge in [-0.3, -0.25) is 4.79 Å². The molecule has 1 aliphatic rings.